The number of carbonyl (C=O) groups is 3. The highest BCUT2D eigenvalue weighted by molar-refractivity contribution is 6.30. The molecule has 5 aliphatic rings. The topological polar surface area (TPSA) is 104 Å². The molecule has 300 valence electrons. The van der Waals surface area contributed by atoms with Crippen molar-refractivity contribution >= 4 is 29.3 Å². The number of carboxylic acid groups (broad SMARTS) is 1. The molecule has 0 heterocycles. The molecule has 6 rings (SSSR count). The molecule has 7 nitrogen and oxygen atoms in total. The Bertz CT molecular complexity index is 1680. The molecule has 0 spiro atoms. The lowest BCUT2D eigenvalue weighted by Crippen LogP contribution is -2.66. The van der Waals surface area contributed by atoms with Gasteiger partial charge >= 0.3 is 11.9 Å². The van der Waals surface area contributed by atoms with Gasteiger partial charge < -0.3 is 14.9 Å². The second-order valence-corrected chi connectivity index (χ2v) is 21.0. The van der Waals surface area contributed by atoms with Crippen molar-refractivity contribution in [2.75, 3.05) is 13.1 Å². The van der Waals surface area contributed by atoms with Crippen molar-refractivity contribution in [3.8, 4) is 0 Å². The molecule has 0 radical (unpaired) electrons. The number of hydrogen-bond acceptors (Lipinski definition) is 6. The molecule has 1 aromatic carbocycles. The largest absolute Gasteiger partial charge is 0.481 e. The van der Waals surface area contributed by atoms with Gasteiger partial charge in [0.15, 0.2) is 5.78 Å². The van der Waals surface area contributed by atoms with Crippen LogP contribution in [0.25, 0.3) is 0 Å². The van der Waals surface area contributed by atoms with Crippen molar-refractivity contribution in [2.24, 2.45) is 56.2 Å². The molecular weight excluding hydrogens is 698 g/mol. The summed E-state index contributed by atoms with van der Waals surface area (Å²) in [4.78, 5) is 41.4. The fourth-order valence-corrected chi connectivity index (χ4v) is 13.7. The summed E-state index contributed by atoms with van der Waals surface area (Å²) in [5, 5.41) is 22.8. The predicted octanol–water partition coefficient (Wildman–Crippen LogP) is 9.92. The molecule has 0 aliphatic heterocycles. The molecule has 0 bridgehead atoms. The molecule has 2 N–H and O–H groups in total. The van der Waals surface area contributed by atoms with E-state index in [-0.39, 0.29) is 51.8 Å². The number of likely N-dealkylation sites (N-methyl/N-ethyl adjacent to an activating group) is 1. The van der Waals surface area contributed by atoms with E-state index in [1.165, 1.54) is 5.57 Å². The first-order valence-electron chi connectivity index (χ1n) is 20.9. The maximum atomic E-state index is 14.2. The number of ketones is 1. The van der Waals surface area contributed by atoms with Gasteiger partial charge in [-0.1, -0.05) is 84.7 Å². The number of aliphatic carboxylic acids is 1. The first kappa shape index (κ1) is 41.4. The molecule has 4 fully saturated rings. The van der Waals surface area contributed by atoms with Crippen LogP contribution in [0.15, 0.2) is 35.4 Å². The Morgan fingerprint density at radius 2 is 1.69 bits per heavy atom. The van der Waals surface area contributed by atoms with E-state index in [9.17, 15) is 24.6 Å². The highest BCUT2D eigenvalue weighted by Gasteiger charge is 2.70. The maximum absolute atomic E-state index is 14.2. The zero-order chi connectivity index (χ0) is 39.8. The van der Waals surface area contributed by atoms with Crippen molar-refractivity contribution in [1.29, 1.82) is 0 Å². The van der Waals surface area contributed by atoms with E-state index in [0.717, 1.165) is 69.0 Å². The number of benzene rings is 1. The number of halogens is 1. The average Bonchev–Trinajstić information content (AvgIpc) is 3.39. The van der Waals surface area contributed by atoms with Crippen LogP contribution in [0, 0.1) is 56.2 Å². The smallest absolute Gasteiger partial charge is 0.309 e. The third-order valence-corrected chi connectivity index (χ3v) is 16.9. The summed E-state index contributed by atoms with van der Waals surface area (Å²) in [7, 11) is 0. The van der Waals surface area contributed by atoms with E-state index in [4.69, 9.17) is 16.3 Å². The minimum absolute atomic E-state index is 0.0195. The second-order valence-electron chi connectivity index (χ2n) is 20.5. The van der Waals surface area contributed by atoms with Crippen LogP contribution in [0.4, 0.5) is 0 Å². The Kier molecular flexibility index (Phi) is 11.0. The van der Waals surface area contributed by atoms with E-state index >= 15 is 0 Å². The third-order valence-electron chi connectivity index (χ3n) is 16.7. The van der Waals surface area contributed by atoms with E-state index < -0.39 is 28.9 Å². The van der Waals surface area contributed by atoms with E-state index in [2.05, 4.69) is 66.4 Å². The number of aliphatic hydroxyl groups is 1. The lowest BCUT2D eigenvalue weighted by Gasteiger charge is -2.72. The van der Waals surface area contributed by atoms with Crippen molar-refractivity contribution in [1.82, 2.24) is 4.90 Å². The van der Waals surface area contributed by atoms with Gasteiger partial charge in [0.05, 0.1) is 17.9 Å². The fraction of sp³-hybridized carbons (Fsp3) is 0.761. The summed E-state index contributed by atoms with van der Waals surface area (Å²) < 4.78 is 6.18. The summed E-state index contributed by atoms with van der Waals surface area (Å²) in [6.07, 6.45) is 7.20. The van der Waals surface area contributed by atoms with Crippen LogP contribution in [-0.4, -0.2) is 58.1 Å². The van der Waals surface area contributed by atoms with Crippen molar-refractivity contribution in [2.45, 2.75) is 152 Å². The van der Waals surface area contributed by atoms with Gasteiger partial charge in [0.25, 0.3) is 0 Å². The molecule has 0 saturated heterocycles. The van der Waals surface area contributed by atoms with Gasteiger partial charge in [0.1, 0.15) is 6.10 Å². The van der Waals surface area contributed by atoms with Gasteiger partial charge in [0, 0.05) is 35.4 Å². The highest BCUT2D eigenvalue weighted by atomic mass is 35.5. The summed E-state index contributed by atoms with van der Waals surface area (Å²) >= 11 is 6.34. The van der Waals surface area contributed by atoms with Crippen LogP contribution in [0.5, 0.6) is 0 Å². The van der Waals surface area contributed by atoms with E-state index in [1.807, 2.05) is 18.2 Å². The van der Waals surface area contributed by atoms with Crippen LogP contribution in [0.2, 0.25) is 5.02 Å². The molecule has 1 aromatic rings. The maximum Gasteiger partial charge on any atom is 0.309 e. The number of aliphatic hydroxyl groups excluding tert-OH is 1. The molecule has 5 aliphatic carbocycles. The minimum Gasteiger partial charge on any atom is -0.481 e. The van der Waals surface area contributed by atoms with Crippen LogP contribution >= 0.6 is 11.6 Å². The fourth-order valence-electron chi connectivity index (χ4n) is 13.5. The van der Waals surface area contributed by atoms with Gasteiger partial charge in [-0.05, 0) is 135 Å². The Morgan fingerprint density at radius 1 is 0.981 bits per heavy atom. The average molecular weight is 767 g/mol. The van der Waals surface area contributed by atoms with Gasteiger partial charge in [-0.3, -0.25) is 19.3 Å². The Morgan fingerprint density at radius 3 is 2.31 bits per heavy atom. The molecule has 54 heavy (non-hydrogen) atoms. The lowest BCUT2D eigenvalue weighted by atomic mass is 9.33. The van der Waals surface area contributed by atoms with Gasteiger partial charge in [-0.15, -0.1) is 0 Å². The number of Topliss-reactive ketones (excluding diaryl/α,β-unsaturated/α-hetero) is 1. The Labute approximate surface area is 330 Å². The monoisotopic (exact) mass is 765 g/mol. The zero-order valence-electron chi connectivity index (χ0n) is 34.8. The predicted molar refractivity (Wildman–Crippen MR) is 214 cm³/mol. The van der Waals surface area contributed by atoms with Crippen LogP contribution < -0.4 is 0 Å². The highest BCUT2D eigenvalue weighted by Crippen LogP contribution is 2.77. The molecule has 0 aromatic heterocycles. The summed E-state index contributed by atoms with van der Waals surface area (Å²) in [5.74, 6) is 0.0361. The van der Waals surface area contributed by atoms with Gasteiger partial charge in [0.2, 0.25) is 0 Å². The van der Waals surface area contributed by atoms with Gasteiger partial charge in [-0.2, -0.15) is 0 Å². The van der Waals surface area contributed by atoms with Crippen LogP contribution in [0.3, 0.4) is 0 Å². The van der Waals surface area contributed by atoms with Crippen molar-refractivity contribution in [3.63, 3.8) is 0 Å². The minimum atomic E-state index is -1.17. The number of nitrogens with zero attached hydrogens (tertiary/aromatic N) is 1. The second kappa shape index (κ2) is 14.3. The Hall–Kier alpha value is -2.22. The standard InChI is InChI=1S/C46H68ClNO6/c1-11-48(26-29-13-12-14-30(47)23-29)27-35(50)46-22-21-44(9)31(39(46)38(28(2)3)32(49)24-46)15-16-34-43(8)19-18-36(54-37(51)25-41(4,5)40(52)53)42(6,7)33(43)17-20-45(34,44)10/h12-14,23,28,31,33-36,50H,11,15-22,24-27H2,1-10H3,(H,52,53)/t31-,33+,34-,35+,36+,43+,44-,45-,46-/m1/s1. The number of hydrogen-bond donors (Lipinski definition) is 2. The number of esters is 1. The third kappa shape index (κ3) is 6.52. The number of carbonyl (C=O) groups excluding carboxylic acids is 2. The van der Waals surface area contributed by atoms with Crippen LogP contribution in [0.1, 0.15) is 139 Å². The SMILES string of the molecule is CCN(Cc1cccc(Cl)c1)C[C@H](O)[C@]12CC[C@]3(C)[C@H](CC[C@@H]4[C@@]5(C)CC[C@H](OC(=O)CC(C)(C)C(=O)O)C(C)(C)[C@@H]5CC[C@]43C)C1=C(C(C)C)C(=O)C2. The summed E-state index contributed by atoms with van der Waals surface area (Å²) in [5.41, 5.74) is 1.56. The summed E-state index contributed by atoms with van der Waals surface area (Å²) in [6.45, 7) is 23.8. The normalized spacial score (nSPS) is 36.7. The molecule has 0 unspecified atom stereocenters. The number of rotatable bonds is 11. The first-order valence-corrected chi connectivity index (χ1v) is 21.3. The molecule has 8 heteroatoms. The molecule has 9 atom stereocenters. The molecule has 0 amide bonds. The quantitative estimate of drug-likeness (QED) is 0.216. The molecule has 4 saturated carbocycles. The van der Waals surface area contributed by atoms with E-state index in [1.54, 1.807) is 13.8 Å². The molecular formula is C46H68ClNO6. The number of ether oxygens (including phenoxy) is 1. The Balaban J connectivity index is 1.28. The number of allylic oxidation sites excluding steroid dienone is 1. The van der Waals surface area contributed by atoms with Crippen LogP contribution in [-0.2, 0) is 25.7 Å². The number of fused-ring (bicyclic) bond motifs is 7. The zero-order valence-corrected chi connectivity index (χ0v) is 35.6. The van der Waals surface area contributed by atoms with Crippen molar-refractivity contribution < 1.29 is 29.3 Å². The van der Waals surface area contributed by atoms with Gasteiger partial charge in [-0.25, -0.2) is 0 Å². The van der Waals surface area contributed by atoms with Crippen molar-refractivity contribution in [3.05, 3.63) is 46.0 Å². The first-order chi connectivity index (χ1) is 25.1. The van der Waals surface area contributed by atoms with E-state index in [0.29, 0.717) is 36.4 Å². The lowest BCUT2D eigenvalue weighted by molar-refractivity contribution is -0.235. The summed E-state index contributed by atoms with van der Waals surface area (Å²) in [6, 6.07) is 7.96. The number of carboxylic acids is 1.